The number of nitrogens with zero attached hydrogens (tertiary/aromatic N) is 4. The molecular weight excluding hydrogens is 547 g/mol. The Morgan fingerprint density at radius 1 is 1.22 bits per heavy atom. The molecule has 4 rings (SSSR count). The Balaban J connectivity index is 0.00000228. The number of aromatic nitrogens is 3. The number of ketones is 1. The van der Waals surface area contributed by atoms with E-state index in [9.17, 15) is 9.59 Å². The molecule has 14 heteroatoms. The number of nitrogen functional groups attached to an aromatic ring is 1. The highest BCUT2D eigenvalue weighted by atomic mass is 35.5. The summed E-state index contributed by atoms with van der Waals surface area (Å²) in [6.07, 6.45) is 8.54. The van der Waals surface area contributed by atoms with Crippen molar-refractivity contribution in [3.8, 4) is 0 Å². The molecule has 0 aromatic carbocycles. The van der Waals surface area contributed by atoms with E-state index >= 15 is 0 Å². The number of Topliss-reactive ketones (excluding diaryl/α,β-unsaturated/α-hetero) is 1. The number of rotatable bonds is 7. The van der Waals surface area contributed by atoms with E-state index in [1.807, 2.05) is 5.43 Å². The second-order valence-corrected chi connectivity index (χ2v) is 10.3. The number of hydrogen-bond acceptors (Lipinski definition) is 10. The SMILES string of the molecule is Cl.Cl.NNC(=O)CC(=O)Cc1nccc(Sc2ncc(N3CCC4(CCCC4N)CC3)nc2N)c1Cl. The Morgan fingerprint density at radius 2 is 1.94 bits per heavy atom. The largest absolute Gasteiger partial charge is 0.381 e. The summed E-state index contributed by atoms with van der Waals surface area (Å²) < 4.78 is 0. The molecule has 1 aliphatic heterocycles. The van der Waals surface area contributed by atoms with Gasteiger partial charge in [-0.05, 0) is 37.2 Å². The molecule has 0 bridgehead atoms. The molecule has 198 valence electrons. The monoisotopic (exact) mass is 576 g/mol. The minimum absolute atomic E-state index is 0. The molecule has 3 heterocycles. The number of nitrogens with two attached hydrogens (primary N) is 3. The molecular formula is C22H31Cl3N8O2S. The number of carbonyl (C=O) groups excluding carboxylic acids is 2. The minimum Gasteiger partial charge on any atom is -0.381 e. The van der Waals surface area contributed by atoms with Crippen molar-refractivity contribution in [3.05, 3.63) is 29.2 Å². The summed E-state index contributed by atoms with van der Waals surface area (Å²) in [6.45, 7) is 1.79. The maximum atomic E-state index is 12.1. The molecule has 7 N–H and O–H groups in total. The Labute approximate surface area is 231 Å². The van der Waals surface area contributed by atoms with E-state index in [0.717, 1.165) is 38.2 Å². The van der Waals surface area contributed by atoms with Gasteiger partial charge in [-0.2, -0.15) is 0 Å². The molecule has 1 unspecified atom stereocenters. The van der Waals surface area contributed by atoms with Crippen LogP contribution in [0.4, 0.5) is 11.6 Å². The van der Waals surface area contributed by atoms with Crippen LogP contribution >= 0.6 is 48.2 Å². The second kappa shape index (κ2) is 13.1. The third-order valence-corrected chi connectivity index (χ3v) is 8.43. The number of hydrogen-bond donors (Lipinski definition) is 4. The first-order valence-electron chi connectivity index (χ1n) is 11.3. The number of pyridine rings is 1. The molecule has 2 aromatic rings. The second-order valence-electron chi connectivity index (χ2n) is 8.90. The van der Waals surface area contributed by atoms with E-state index in [1.54, 1.807) is 18.5 Å². The maximum absolute atomic E-state index is 12.1. The maximum Gasteiger partial charge on any atom is 0.241 e. The highest BCUT2D eigenvalue weighted by Gasteiger charge is 2.43. The molecule has 1 spiro atoms. The average molecular weight is 578 g/mol. The van der Waals surface area contributed by atoms with Crippen molar-refractivity contribution in [2.45, 2.75) is 60.9 Å². The molecule has 1 aliphatic carbocycles. The molecule has 1 saturated carbocycles. The first-order chi connectivity index (χ1) is 16.3. The van der Waals surface area contributed by atoms with E-state index in [4.69, 9.17) is 28.9 Å². The van der Waals surface area contributed by atoms with Crippen LogP contribution in [-0.2, 0) is 16.0 Å². The zero-order valence-corrected chi connectivity index (χ0v) is 22.8. The van der Waals surface area contributed by atoms with Crippen LogP contribution in [0.15, 0.2) is 28.4 Å². The Kier molecular flexibility index (Phi) is 11.0. The number of nitrogens with one attached hydrogen (secondary N) is 1. The number of hydrazine groups is 1. The van der Waals surface area contributed by atoms with Gasteiger partial charge >= 0.3 is 0 Å². The highest BCUT2D eigenvalue weighted by molar-refractivity contribution is 7.99. The summed E-state index contributed by atoms with van der Waals surface area (Å²) in [5.74, 6) is 5.19. The van der Waals surface area contributed by atoms with Gasteiger partial charge in [0, 0.05) is 30.2 Å². The first kappa shape index (κ1) is 30.3. The molecule has 10 nitrogen and oxygen atoms in total. The Morgan fingerprint density at radius 3 is 2.56 bits per heavy atom. The van der Waals surface area contributed by atoms with Gasteiger partial charge in [0.15, 0.2) is 5.82 Å². The van der Waals surface area contributed by atoms with Gasteiger partial charge in [0.2, 0.25) is 5.91 Å². The number of halogens is 3. The standard InChI is InChI=1S/C22H29ClN8O2S.2ClH/c23-19-14(10-13(32)11-18(33)30-26)27-7-3-15(19)34-21-20(25)29-17(12-28-21)31-8-5-22(6-9-31)4-1-2-16(22)24;;/h3,7,12,16H,1-2,4-6,8-11,24,26H2,(H2,25,29)(H,30,33);2*1H. The van der Waals surface area contributed by atoms with Crippen LogP contribution in [-0.4, -0.2) is 45.8 Å². The number of amides is 1. The predicted molar refractivity (Wildman–Crippen MR) is 146 cm³/mol. The van der Waals surface area contributed by atoms with E-state index in [1.165, 1.54) is 24.6 Å². The zero-order chi connectivity index (χ0) is 24.3. The Bertz CT molecular complexity index is 1090. The van der Waals surface area contributed by atoms with Crippen LogP contribution in [0.25, 0.3) is 0 Å². The third kappa shape index (κ3) is 6.70. The van der Waals surface area contributed by atoms with Gasteiger partial charge in [-0.3, -0.25) is 20.0 Å². The third-order valence-electron chi connectivity index (χ3n) is 6.83. The van der Waals surface area contributed by atoms with Crippen LogP contribution in [0.2, 0.25) is 5.02 Å². The molecule has 2 fully saturated rings. The molecule has 1 atom stereocenters. The molecule has 36 heavy (non-hydrogen) atoms. The lowest BCUT2D eigenvalue weighted by atomic mass is 9.74. The summed E-state index contributed by atoms with van der Waals surface area (Å²) in [6, 6.07) is 2.02. The van der Waals surface area contributed by atoms with Crippen LogP contribution in [0.1, 0.15) is 44.2 Å². The minimum atomic E-state index is -0.565. The van der Waals surface area contributed by atoms with Crippen LogP contribution in [0.3, 0.4) is 0 Å². The average Bonchev–Trinajstić information content (AvgIpc) is 3.17. The fraction of sp³-hybridized carbons (Fsp3) is 0.500. The highest BCUT2D eigenvalue weighted by Crippen LogP contribution is 2.46. The molecule has 0 radical (unpaired) electrons. The van der Waals surface area contributed by atoms with Crippen molar-refractivity contribution in [2.75, 3.05) is 23.7 Å². The lowest BCUT2D eigenvalue weighted by Gasteiger charge is -2.42. The molecule has 1 saturated heterocycles. The van der Waals surface area contributed by atoms with Crippen LogP contribution < -0.4 is 27.6 Å². The molecule has 2 aliphatic rings. The van der Waals surface area contributed by atoms with Crippen LogP contribution in [0.5, 0.6) is 0 Å². The fourth-order valence-electron chi connectivity index (χ4n) is 4.83. The molecule has 2 aromatic heterocycles. The van der Waals surface area contributed by atoms with Crippen molar-refractivity contribution in [1.82, 2.24) is 20.4 Å². The zero-order valence-electron chi connectivity index (χ0n) is 19.6. The van der Waals surface area contributed by atoms with Crippen molar-refractivity contribution >= 4 is 71.5 Å². The van der Waals surface area contributed by atoms with Crippen molar-refractivity contribution in [2.24, 2.45) is 17.0 Å². The van der Waals surface area contributed by atoms with E-state index in [2.05, 4.69) is 19.9 Å². The summed E-state index contributed by atoms with van der Waals surface area (Å²) in [4.78, 5) is 39.5. The van der Waals surface area contributed by atoms with Crippen molar-refractivity contribution in [3.63, 3.8) is 0 Å². The fourth-order valence-corrected chi connectivity index (χ4v) is 5.93. The van der Waals surface area contributed by atoms with Gasteiger partial charge in [-0.25, -0.2) is 15.8 Å². The van der Waals surface area contributed by atoms with Gasteiger partial charge in [-0.1, -0.05) is 29.8 Å². The number of carbonyl (C=O) groups is 2. The summed E-state index contributed by atoms with van der Waals surface area (Å²) >= 11 is 7.74. The predicted octanol–water partition coefficient (Wildman–Crippen LogP) is 2.69. The van der Waals surface area contributed by atoms with Gasteiger partial charge in [0.05, 0.1) is 29.8 Å². The van der Waals surface area contributed by atoms with Gasteiger partial charge in [-0.15, -0.1) is 24.8 Å². The lowest BCUT2D eigenvalue weighted by Crippen LogP contribution is -2.47. The number of piperidine rings is 1. The first-order valence-corrected chi connectivity index (χ1v) is 12.5. The van der Waals surface area contributed by atoms with Gasteiger partial charge in [0.1, 0.15) is 16.6 Å². The topological polar surface area (TPSA) is 166 Å². The quantitative estimate of drug-likeness (QED) is 0.166. The summed E-state index contributed by atoms with van der Waals surface area (Å²) in [5.41, 5.74) is 15.2. The molecule has 1 amide bonds. The lowest BCUT2D eigenvalue weighted by molar-refractivity contribution is -0.127. The van der Waals surface area contributed by atoms with Gasteiger partial charge < -0.3 is 16.4 Å². The van der Waals surface area contributed by atoms with Crippen molar-refractivity contribution in [1.29, 1.82) is 0 Å². The van der Waals surface area contributed by atoms with E-state index in [-0.39, 0.29) is 48.9 Å². The number of anilines is 2. The van der Waals surface area contributed by atoms with E-state index in [0.29, 0.717) is 32.5 Å². The van der Waals surface area contributed by atoms with Gasteiger partial charge in [0.25, 0.3) is 0 Å². The summed E-state index contributed by atoms with van der Waals surface area (Å²) in [5, 5.41) is 0.830. The van der Waals surface area contributed by atoms with Crippen molar-refractivity contribution < 1.29 is 9.59 Å². The normalized spacial score (nSPS) is 18.3. The summed E-state index contributed by atoms with van der Waals surface area (Å²) in [7, 11) is 0. The van der Waals surface area contributed by atoms with E-state index < -0.39 is 5.91 Å². The smallest absolute Gasteiger partial charge is 0.241 e. The van der Waals surface area contributed by atoms with Crippen LogP contribution in [0, 0.1) is 5.41 Å². The Hall–Kier alpha value is -1.89.